The first kappa shape index (κ1) is 11.2. The molecule has 2 heteroatoms. The third-order valence-corrected chi connectivity index (χ3v) is 4.68. The maximum absolute atomic E-state index is 3.68. The number of hydrogen-bond acceptors (Lipinski definition) is 2. The molecule has 1 nitrogen and oxygen atoms in total. The topological polar surface area (TPSA) is 12.0 Å². The van der Waals surface area contributed by atoms with E-state index in [4.69, 9.17) is 0 Å². The van der Waals surface area contributed by atoms with Gasteiger partial charge in [0.25, 0.3) is 0 Å². The van der Waals surface area contributed by atoms with Crippen molar-refractivity contribution in [1.82, 2.24) is 5.32 Å². The SMILES string of the molecule is Cc1ccsc1CN[C@H](C)C1CCCC1. The highest BCUT2D eigenvalue weighted by Gasteiger charge is 2.20. The summed E-state index contributed by atoms with van der Waals surface area (Å²) in [7, 11) is 0. The first-order valence-corrected chi connectivity index (χ1v) is 6.91. The number of thiophene rings is 1. The maximum Gasteiger partial charge on any atom is 0.0304 e. The summed E-state index contributed by atoms with van der Waals surface area (Å²) in [4.78, 5) is 1.50. The molecule has 1 atom stereocenters. The number of nitrogens with one attached hydrogen (secondary N) is 1. The lowest BCUT2D eigenvalue weighted by Crippen LogP contribution is -2.31. The number of aryl methyl sites for hydroxylation is 1. The van der Waals surface area contributed by atoms with Gasteiger partial charge in [0.1, 0.15) is 0 Å². The Morgan fingerprint density at radius 3 is 2.80 bits per heavy atom. The molecule has 1 heterocycles. The van der Waals surface area contributed by atoms with Gasteiger partial charge in [0, 0.05) is 17.5 Å². The molecule has 1 aliphatic carbocycles. The molecule has 1 saturated carbocycles. The zero-order valence-corrected chi connectivity index (χ0v) is 10.6. The van der Waals surface area contributed by atoms with E-state index in [1.165, 1.54) is 36.1 Å². The summed E-state index contributed by atoms with van der Waals surface area (Å²) in [6, 6.07) is 2.90. The lowest BCUT2D eigenvalue weighted by molar-refractivity contribution is 0.381. The van der Waals surface area contributed by atoms with Crippen molar-refractivity contribution in [2.24, 2.45) is 5.92 Å². The van der Waals surface area contributed by atoms with Crippen molar-refractivity contribution in [2.45, 2.75) is 52.1 Å². The molecule has 1 aromatic heterocycles. The van der Waals surface area contributed by atoms with Crippen LogP contribution in [-0.2, 0) is 6.54 Å². The molecule has 15 heavy (non-hydrogen) atoms. The van der Waals surface area contributed by atoms with Gasteiger partial charge in [-0.25, -0.2) is 0 Å². The Kier molecular flexibility index (Phi) is 3.81. The van der Waals surface area contributed by atoms with Crippen LogP contribution in [0.1, 0.15) is 43.0 Å². The van der Waals surface area contributed by atoms with Crippen LogP contribution in [0.4, 0.5) is 0 Å². The van der Waals surface area contributed by atoms with Crippen LogP contribution >= 0.6 is 11.3 Å². The maximum atomic E-state index is 3.68. The molecule has 0 unspecified atom stereocenters. The van der Waals surface area contributed by atoms with Crippen LogP contribution in [0.2, 0.25) is 0 Å². The number of rotatable bonds is 4. The molecule has 1 aromatic rings. The van der Waals surface area contributed by atoms with E-state index in [1.807, 2.05) is 11.3 Å². The van der Waals surface area contributed by atoms with Gasteiger partial charge < -0.3 is 5.32 Å². The summed E-state index contributed by atoms with van der Waals surface area (Å²) >= 11 is 1.87. The van der Waals surface area contributed by atoms with E-state index in [0.717, 1.165) is 12.5 Å². The quantitative estimate of drug-likeness (QED) is 0.820. The Hall–Kier alpha value is -0.340. The Morgan fingerprint density at radius 1 is 1.47 bits per heavy atom. The van der Waals surface area contributed by atoms with Gasteiger partial charge in [-0.15, -0.1) is 11.3 Å². The molecule has 0 radical (unpaired) electrons. The van der Waals surface area contributed by atoms with Gasteiger partial charge in [0.2, 0.25) is 0 Å². The van der Waals surface area contributed by atoms with E-state index >= 15 is 0 Å². The van der Waals surface area contributed by atoms with Crippen LogP contribution in [0.25, 0.3) is 0 Å². The fraction of sp³-hybridized carbons (Fsp3) is 0.692. The van der Waals surface area contributed by atoms with Crippen molar-refractivity contribution < 1.29 is 0 Å². The fourth-order valence-electron chi connectivity index (χ4n) is 2.46. The zero-order chi connectivity index (χ0) is 10.7. The first-order chi connectivity index (χ1) is 7.27. The van der Waals surface area contributed by atoms with Gasteiger partial charge in [-0.2, -0.15) is 0 Å². The summed E-state index contributed by atoms with van der Waals surface area (Å²) in [5, 5.41) is 5.87. The van der Waals surface area contributed by atoms with Crippen molar-refractivity contribution >= 4 is 11.3 Å². The van der Waals surface area contributed by atoms with Gasteiger partial charge >= 0.3 is 0 Å². The second kappa shape index (κ2) is 5.13. The van der Waals surface area contributed by atoms with Gasteiger partial charge in [-0.05, 0) is 49.6 Å². The molecule has 1 fully saturated rings. The zero-order valence-electron chi connectivity index (χ0n) is 9.75. The molecule has 0 saturated heterocycles. The summed E-state index contributed by atoms with van der Waals surface area (Å²) in [6.45, 7) is 5.61. The summed E-state index contributed by atoms with van der Waals surface area (Å²) in [5.74, 6) is 0.922. The molecule has 1 aliphatic rings. The Morgan fingerprint density at radius 2 is 2.20 bits per heavy atom. The Bertz CT molecular complexity index is 299. The van der Waals surface area contributed by atoms with Gasteiger partial charge in [-0.3, -0.25) is 0 Å². The molecule has 0 aromatic carbocycles. The number of hydrogen-bond donors (Lipinski definition) is 1. The predicted molar refractivity (Wildman–Crippen MR) is 67.3 cm³/mol. The monoisotopic (exact) mass is 223 g/mol. The molecule has 1 N–H and O–H groups in total. The minimum Gasteiger partial charge on any atom is -0.309 e. The molecular weight excluding hydrogens is 202 g/mol. The van der Waals surface area contributed by atoms with Gasteiger partial charge in [-0.1, -0.05) is 12.8 Å². The normalized spacial score (nSPS) is 19.6. The van der Waals surface area contributed by atoms with Crippen LogP contribution < -0.4 is 5.32 Å². The molecule has 2 rings (SSSR count). The Labute approximate surface area is 96.9 Å². The first-order valence-electron chi connectivity index (χ1n) is 6.03. The second-order valence-corrected chi connectivity index (χ2v) is 5.74. The molecule has 84 valence electrons. The van der Waals surface area contributed by atoms with Crippen LogP contribution in [-0.4, -0.2) is 6.04 Å². The van der Waals surface area contributed by atoms with Crippen LogP contribution in [0.15, 0.2) is 11.4 Å². The van der Waals surface area contributed by atoms with Crippen LogP contribution in [0, 0.1) is 12.8 Å². The van der Waals surface area contributed by atoms with E-state index in [-0.39, 0.29) is 0 Å². The largest absolute Gasteiger partial charge is 0.309 e. The summed E-state index contributed by atoms with van der Waals surface area (Å²) in [6.07, 6.45) is 5.73. The molecule has 0 aliphatic heterocycles. The van der Waals surface area contributed by atoms with E-state index in [2.05, 4.69) is 30.6 Å². The molecule has 0 bridgehead atoms. The average Bonchev–Trinajstić information content (AvgIpc) is 2.85. The van der Waals surface area contributed by atoms with E-state index in [1.54, 1.807) is 0 Å². The standard InChI is InChI=1S/C13H21NS/c1-10-7-8-15-13(10)9-14-11(2)12-5-3-4-6-12/h7-8,11-12,14H,3-6,9H2,1-2H3/t11-/m1/s1. The molecule has 0 spiro atoms. The highest BCUT2D eigenvalue weighted by Crippen LogP contribution is 2.27. The smallest absolute Gasteiger partial charge is 0.0304 e. The van der Waals surface area contributed by atoms with E-state index in [0.29, 0.717) is 6.04 Å². The lowest BCUT2D eigenvalue weighted by Gasteiger charge is -2.20. The average molecular weight is 223 g/mol. The highest BCUT2D eigenvalue weighted by atomic mass is 32.1. The van der Waals surface area contributed by atoms with Crippen LogP contribution in [0.5, 0.6) is 0 Å². The summed E-state index contributed by atoms with van der Waals surface area (Å²) < 4.78 is 0. The fourth-order valence-corrected chi connectivity index (χ4v) is 3.32. The molecule has 0 amide bonds. The van der Waals surface area contributed by atoms with Crippen molar-refractivity contribution in [3.63, 3.8) is 0 Å². The Balaban J connectivity index is 1.80. The summed E-state index contributed by atoms with van der Waals surface area (Å²) in [5.41, 5.74) is 1.44. The lowest BCUT2D eigenvalue weighted by atomic mass is 10.00. The second-order valence-electron chi connectivity index (χ2n) is 4.74. The van der Waals surface area contributed by atoms with Crippen molar-refractivity contribution in [1.29, 1.82) is 0 Å². The van der Waals surface area contributed by atoms with Crippen LogP contribution in [0.3, 0.4) is 0 Å². The molecular formula is C13H21NS. The van der Waals surface area contributed by atoms with Crippen molar-refractivity contribution in [3.05, 3.63) is 21.9 Å². The highest BCUT2D eigenvalue weighted by molar-refractivity contribution is 7.10. The van der Waals surface area contributed by atoms with Gasteiger partial charge in [0.15, 0.2) is 0 Å². The third kappa shape index (κ3) is 2.82. The van der Waals surface area contributed by atoms with E-state index in [9.17, 15) is 0 Å². The van der Waals surface area contributed by atoms with Crippen molar-refractivity contribution in [3.8, 4) is 0 Å². The van der Waals surface area contributed by atoms with E-state index < -0.39 is 0 Å². The van der Waals surface area contributed by atoms with Gasteiger partial charge in [0.05, 0.1) is 0 Å². The minimum absolute atomic E-state index is 0.689. The predicted octanol–water partition coefficient (Wildman–Crippen LogP) is 3.72. The minimum atomic E-state index is 0.689. The van der Waals surface area contributed by atoms with Crippen molar-refractivity contribution in [2.75, 3.05) is 0 Å². The third-order valence-electron chi connectivity index (χ3n) is 3.66.